The van der Waals surface area contributed by atoms with Crippen molar-refractivity contribution in [3.63, 3.8) is 0 Å². The second-order valence-corrected chi connectivity index (χ2v) is 7.43. The Balaban J connectivity index is 1.66. The zero-order chi connectivity index (χ0) is 21.3. The van der Waals surface area contributed by atoms with Gasteiger partial charge in [0.25, 0.3) is 5.91 Å². The van der Waals surface area contributed by atoms with Gasteiger partial charge in [-0.1, -0.05) is 47.5 Å². The zero-order valence-electron chi connectivity index (χ0n) is 16.9. The Morgan fingerprint density at radius 2 is 1.93 bits per heavy atom. The van der Waals surface area contributed by atoms with Crippen molar-refractivity contribution in [2.45, 2.75) is 20.4 Å². The largest absolute Gasteiger partial charge is 0.497 e. The first-order chi connectivity index (χ1) is 14.5. The molecule has 0 bridgehead atoms. The second kappa shape index (κ2) is 8.16. The number of aryl methyl sites for hydroxylation is 2. The maximum absolute atomic E-state index is 12.7. The quantitative estimate of drug-likeness (QED) is 0.511. The van der Waals surface area contributed by atoms with Gasteiger partial charge in [-0.15, -0.1) is 0 Å². The van der Waals surface area contributed by atoms with Crippen LogP contribution < -0.4 is 10.1 Å². The maximum Gasteiger partial charge on any atom is 0.254 e. The second-order valence-electron chi connectivity index (χ2n) is 7.05. The van der Waals surface area contributed by atoms with Gasteiger partial charge in [0.15, 0.2) is 5.65 Å². The third kappa shape index (κ3) is 3.74. The van der Waals surface area contributed by atoms with Crippen molar-refractivity contribution in [2.75, 3.05) is 7.11 Å². The Morgan fingerprint density at radius 3 is 2.67 bits per heavy atom. The van der Waals surface area contributed by atoms with Gasteiger partial charge in [0.05, 0.1) is 34.5 Å². The summed E-state index contributed by atoms with van der Waals surface area (Å²) in [4.78, 5) is 17.2. The van der Waals surface area contributed by atoms with Crippen molar-refractivity contribution >= 4 is 28.5 Å². The summed E-state index contributed by atoms with van der Waals surface area (Å²) in [6, 6.07) is 15.5. The number of fused-ring (bicyclic) bond motifs is 1. The molecule has 2 aromatic carbocycles. The lowest BCUT2D eigenvalue weighted by Gasteiger charge is -2.09. The number of aromatic nitrogens is 3. The number of carbonyl (C=O) groups excluding carboxylic acids is 1. The first-order valence-corrected chi connectivity index (χ1v) is 9.87. The molecule has 0 spiro atoms. The lowest BCUT2D eigenvalue weighted by molar-refractivity contribution is 0.0951. The SMILES string of the molecule is COc1cccc(-n2nc(C)c3c(Cl)c(C(=O)NCc4ccc(C)cc4)cnc32)c1. The molecule has 0 atom stereocenters. The van der Waals surface area contributed by atoms with Crippen LogP contribution in [0.4, 0.5) is 0 Å². The molecular weight excluding hydrogens is 400 g/mol. The molecule has 1 amide bonds. The van der Waals surface area contributed by atoms with E-state index >= 15 is 0 Å². The summed E-state index contributed by atoms with van der Waals surface area (Å²) in [5.41, 5.74) is 4.59. The van der Waals surface area contributed by atoms with Crippen molar-refractivity contribution in [2.24, 2.45) is 0 Å². The number of halogens is 1. The number of nitrogens with one attached hydrogen (secondary N) is 1. The van der Waals surface area contributed by atoms with Gasteiger partial charge >= 0.3 is 0 Å². The fourth-order valence-electron chi connectivity index (χ4n) is 3.27. The highest BCUT2D eigenvalue weighted by atomic mass is 35.5. The molecule has 7 heteroatoms. The molecule has 1 N–H and O–H groups in total. The number of benzene rings is 2. The number of hydrogen-bond acceptors (Lipinski definition) is 4. The van der Waals surface area contributed by atoms with Crippen LogP contribution in [0.3, 0.4) is 0 Å². The third-order valence-corrected chi connectivity index (χ3v) is 5.32. The van der Waals surface area contributed by atoms with Crippen LogP contribution in [0.5, 0.6) is 5.75 Å². The molecule has 0 saturated heterocycles. The highest BCUT2D eigenvalue weighted by Gasteiger charge is 2.20. The Kier molecular flexibility index (Phi) is 5.42. The van der Waals surface area contributed by atoms with Crippen LogP contribution in [0.2, 0.25) is 5.02 Å². The Bertz CT molecular complexity index is 1230. The Morgan fingerprint density at radius 1 is 1.17 bits per heavy atom. The number of amides is 1. The Hall–Kier alpha value is -3.38. The lowest BCUT2D eigenvalue weighted by Crippen LogP contribution is -2.23. The molecule has 4 rings (SSSR count). The zero-order valence-corrected chi connectivity index (χ0v) is 17.7. The smallest absolute Gasteiger partial charge is 0.254 e. The predicted molar refractivity (Wildman–Crippen MR) is 118 cm³/mol. The summed E-state index contributed by atoms with van der Waals surface area (Å²) in [5, 5.41) is 8.48. The number of hydrogen-bond donors (Lipinski definition) is 1. The molecule has 4 aromatic rings. The first-order valence-electron chi connectivity index (χ1n) is 9.50. The summed E-state index contributed by atoms with van der Waals surface area (Å²) < 4.78 is 7.00. The van der Waals surface area contributed by atoms with E-state index in [9.17, 15) is 4.79 Å². The predicted octanol–water partition coefficient (Wildman–Crippen LogP) is 4.63. The lowest BCUT2D eigenvalue weighted by atomic mass is 10.1. The number of methoxy groups -OCH3 is 1. The van der Waals surface area contributed by atoms with Crippen LogP contribution in [0, 0.1) is 13.8 Å². The van der Waals surface area contributed by atoms with Crippen LogP contribution in [0.1, 0.15) is 27.2 Å². The number of ether oxygens (including phenoxy) is 1. The van der Waals surface area contributed by atoms with Crippen molar-refractivity contribution in [3.05, 3.63) is 82.1 Å². The van der Waals surface area contributed by atoms with E-state index in [2.05, 4.69) is 15.4 Å². The first kappa shape index (κ1) is 19.9. The molecule has 2 heterocycles. The van der Waals surface area contributed by atoms with E-state index in [1.165, 1.54) is 11.8 Å². The minimum absolute atomic E-state index is 0.275. The van der Waals surface area contributed by atoms with E-state index < -0.39 is 0 Å². The van der Waals surface area contributed by atoms with Crippen LogP contribution in [0.15, 0.2) is 54.7 Å². The van der Waals surface area contributed by atoms with Crippen molar-refractivity contribution in [3.8, 4) is 11.4 Å². The van der Waals surface area contributed by atoms with E-state index in [0.717, 1.165) is 11.3 Å². The monoisotopic (exact) mass is 420 g/mol. The fourth-order valence-corrected chi connectivity index (χ4v) is 3.63. The summed E-state index contributed by atoms with van der Waals surface area (Å²) in [5.74, 6) is 0.440. The summed E-state index contributed by atoms with van der Waals surface area (Å²) in [6.45, 7) is 4.28. The molecule has 30 heavy (non-hydrogen) atoms. The van der Waals surface area contributed by atoms with E-state index in [1.54, 1.807) is 11.8 Å². The van der Waals surface area contributed by atoms with Gasteiger partial charge in [0, 0.05) is 18.8 Å². The van der Waals surface area contributed by atoms with E-state index in [-0.39, 0.29) is 5.91 Å². The van der Waals surface area contributed by atoms with Crippen LogP contribution in [0.25, 0.3) is 16.7 Å². The molecule has 152 valence electrons. The van der Waals surface area contributed by atoms with E-state index in [1.807, 2.05) is 62.4 Å². The number of nitrogens with zero attached hydrogens (tertiary/aromatic N) is 3. The van der Waals surface area contributed by atoms with Crippen LogP contribution >= 0.6 is 11.6 Å². The number of pyridine rings is 1. The van der Waals surface area contributed by atoms with Gasteiger partial charge in [0.1, 0.15) is 5.75 Å². The van der Waals surface area contributed by atoms with Gasteiger partial charge in [-0.2, -0.15) is 5.10 Å². The van der Waals surface area contributed by atoms with E-state index in [0.29, 0.717) is 39.6 Å². The molecule has 0 radical (unpaired) electrons. The molecule has 0 aliphatic heterocycles. The van der Waals surface area contributed by atoms with E-state index in [4.69, 9.17) is 16.3 Å². The van der Waals surface area contributed by atoms with Crippen molar-refractivity contribution in [1.82, 2.24) is 20.1 Å². The fraction of sp³-hybridized carbons (Fsp3) is 0.174. The molecule has 0 aliphatic rings. The highest BCUT2D eigenvalue weighted by molar-refractivity contribution is 6.38. The molecular formula is C23H21ClN4O2. The maximum atomic E-state index is 12.7. The third-order valence-electron chi connectivity index (χ3n) is 4.92. The summed E-state index contributed by atoms with van der Waals surface area (Å²) in [7, 11) is 1.61. The topological polar surface area (TPSA) is 69.0 Å². The molecule has 0 fully saturated rings. The average Bonchev–Trinajstić information content (AvgIpc) is 3.10. The molecule has 0 saturated carbocycles. The van der Waals surface area contributed by atoms with Gasteiger partial charge in [-0.05, 0) is 31.5 Å². The average molecular weight is 421 g/mol. The number of rotatable bonds is 5. The van der Waals surface area contributed by atoms with Gasteiger partial charge in [-0.3, -0.25) is 4.79 Å². The highest BCUT2D eigenvalue weighted by Crippen LogP contribution is 2.30. The van der Waals surface area contributed by atoms with Gasteiger partial charge < -0.3 is 10.1 Å². The minimum atomic E-state index is -0.275. The van der Waals surface area contributed by atoms with Crippen molar-refractivity contribution in [1.29, 1.82) is 0 Å². The normalized spacial score (nSPS) is 10.9. The summed E-state index contributed by atoms with van der Waals surface area (Å²) in [6.07, 6.45) is 1.49. The van der Waals surface area contributed by atoms with Crippen LogP contribution in [-0.4, -0.2) is 27.8 Å². The molecule has 2 aromatic heterocycles. The van der Waals surface area contributed by atoms with Gasteiger partial charge in [-0.25, -0.2) is 9.67 Å². The van der Waals surface area contributed by atoms with Crippen molar-refractivity contribution < 1.29 is 9.53 Å². The minimum Gasteiger partial charge on any atom is -0.497 e. The molecule has 0 unspecified atom stereocenters. The summed E-state index contributed by atoms with van der Waals surface area (Å²) >= 11 is 6.62. The standard InChI is InChI=1S/C23H21ClN4O2/c1-14-7-9-16(10-8-14)12-26-23(29)19-13-25-22-20(21(19)24)15(2)27-28(22)17-5-4-6-18(11-17)30-3/h4-11,13H,12H2,1-3H3,(H,26,29). The molecule has 0 aliphatic carbocycles. The number of carbonyl (C=O) groups is 1. The molecule has 6 nitrogen and oxygen atoms in total. The van der Waals surface area contributed by atoms with Crippen LogP contribution in [-0.2, 0) is 6.54 Å². The Labute approximate surface area is 179 Å². The van der Waals surface area contributed by atoms with Gasteiger partial charge in [0.2, 0.25) is 0 Å².